The van der Waals surface area contributed by atoms with E-state index in [4.69, 9.17) is 5.11 Å². The summed E-state index contributed by atoms with van der Waals surface area (Å²) in [6.45, 7) is 4.67. The zero-order valence-corrected chi connectivity index (χ0v) is 12.7. The molecule has 0 spiro atoms. The highest BCUT2D eigenvalue weighted by Gasteiger charge is 2.37. The number of rotatable bonds is 5. The van der Waals surface area contributed by atoms with Crippen molar-refractivity contribution < 1.29 is 19.5 Å². The van der Waals surface area contributed by atoms with Gasteiger partial charge in [-0.05, 0) is 31.6 Å². The highest BCUT2D eigenvalue weighted by atomic mass is 16.4. The Hall–Kier alpha value is -1.59. The van der Waals surface area contributed by atoms with Crippen molar-refractivity contribution in [1.29, 1.82) is 0 Å². The second kappa shape index (κ2) is 6.45. The van der Waals surface area contributed by atoms with E-state index in [0.717, 1.165) is 19.3 Å². The Kier molecular flexibility index (Phi) is 4.85. The van der Waals surface area contributed by atoms with Crippen molar-refractivity contribution in [3.8, 4) is 0 Å². The summed E-state index contributed by atoms with van der Waals surface area (Å²) in [7, 11) is 0. The van der Waals surface area contributed by atoms with E-state index in [-0.39, 0.29) is 29.6 Å². The standard InChI is InChI=1S/C15H24N2O4/c1-9(2)12(15(20)21)16-13(18)11-4-3-7-17(8-11)14(19)10-5-6-10/h9-12H,3-8H2,1-2H3,(H,16,18)(H,20,21). The third kappa shape index (κ3) is 3.95. The van der Waals surface area contributed by atoms with Crippen molar-refractivity contribution in [3.05, 3.63) is 0 Å². The number of hydrogen-bond donors (Lipinski definition) is 2. The second-order valence-electron chi connectivity index (χ2n) is 6.47. The third-order valence-electron chi connectivity index (χ3n) is 4.26. The first kappa shape index (κ1) is 15.8. The molecule has 118 valence electrons. The highest BCUT2D eigenvalue weighted by molar-refractivity contribution is 5.86. The van der Waals surface area contributed by atoms with Crippen LogP contribution < -0.4 is 5.32 Å². The normalized spacial score (nSPS) is 23.8. The fraction of sp³-hybridized carbons (Fsp3) is 0.800. The van der Waals surface area contributed by atoms with Crippen LogP contribution in [0.4, 0.5) is 0 Å². The van der Waals surface area contributed by atoms with Crippen molar-refractivity contribution in [2.45, 2.75) is 45.6 Å². The quantitative estimate of drug-likeness (QED) is 0.788. The lowest BCUT2D eigenvalue weighted by Gasteiger charge is -2.33. The molecule has 2 aliphatic rings. The second-order valence-corrected chi connectivity index (χ2v) is 6.47. The molecule has 6 heteroatoms. The van der Waals surface area contributed by atoms with Crippen LogP contribution in [0.3, 0.4) is 0 Å². The van der Waals surface area contributed by atoms with E-state index in [0.29, 0.717) is 19.5 Å². The van der Waals surface area contributed by atoms with Gasteiger partial charge in [-0.25, -0.2) is 4.79 Å². The Balaban J connectivity index is 1.92. The Morgan fingerprint density at radius 1 is 1.14 bits per heavy atom. The van der Waals surface area contributed by atoms with Crippen LogP contribution >= 0.6 is 0 Å². The number of amides is 2. The summed E-state index contributed by atoms with van der Waals surface area (Å²) in [4.78, 5) is 37.3. The molecule has 1 heterocycles. The molecule has 2 fully saturated rings. The van der Waals surface area contributed by atoms with Crippen molar-refractivity contribution in [3.63, 3.8) is 0 Å². The average molecular weight is 296 g/mol. The highest BCUT2D eigenvalue weighted by Crippen LogP contribution is 2.32. The van der Waals surface area contributed by atoms with Crippen molar-refractivity contribution in [2.24, 2.45) is 17.8 Å². The van der Waals surface area contributed by atoms with Gasteiger partial charge in [-0.3, -0.25) is 9.59 Å². The molecular weight excluding hydrogens is 272 g/mol. The molecule has 2 amide bonds. The number of nitrogens with one attached hydrogen (secondary N) is 1. The van der Waals surface area contributed by atoms with Gasteiger partial charge < -0.3 is 15.3 Å². The Morgan fingerprint density at radius 2 is 1.81 bits per heavy atom. The van der Waals surface area contributed by atoms with Gasteiger partial charge in [0.15, 0.2) is 0 Å². The van der Waals surface area contributed by atoms with Crippen LogP contribution in [-0.4, -0.2) is 46.9 Å². The molecule has 0 aromatic rings. The largest absolute Gasteiger partial charge is 0.480 e. The molecule has 2 N–H and O–H groups in total. The van der Waals surface area contributed by atoms with Gasteiger partial charge in [0.1, 0.15) is 6.04 Å². The van der Waals surface area contributed by atoms with Gasteiger partial charge in [-0.1, -0.05) is 13.8 Å². The van der Waals surface area contributed by atoms with Crippen LogP contribution in [0, 0.1) is 17.8 Å². The zero-order chi connectivity index (χ0) is 15.6. The van der Waals surface area contributed by atoms with E-state index in [2.05, 4.69) is 5.32 Å². The number of carbonyl (C=O) groups is 3. The Labute approximate surface area is 124 Å². The monoisotopic (exact) mass is 296 g/mol. The maximum absolute atomic E-state index is 12.3. The van der Waals surface area contributed by atoms with E-state index >= 15 is 0 Å². The Morgan fingerprint density at radius 3 is 2.33 bits per heavy atom. The lowest BCUT2D eigenvalue weighted by molar-refractivity contribution is -0.145. The maximum Gasteiger partial charge on any atom is 0.326 e. The molecule has 0 aromatic carbocycles. The predicted octanol–water partition coefficient (Wildman–Crippen LogP) is 0.860. The van der Waals surface area contributed by atoms with Crippen LogP contribution in [0.5, 0.6) is 0 Å². The van der Waals surface area contributed by atoms with E-state index < -0.39 is 12.0 Å². The lowest BCUT2D eigenvalue weighted by Crippen LogP contribution is -2.51. The van der Waals surface area contributed by atoms with Gasteiger partial charge in [0, 0.05) is 19.0 Å². The molecule has 21 heavy (non-hydrogen) atoms. The van der Waals surface area contributed by atoms with Crippen molar-refractivity contribution >= 4 is 17.8 Å². The molecule has 0 aromatic heterocycles. The molecule has 1 aliphatic heterocycles. The molecule has 2 atom stereocenters. The van der Waals surface area contributed by atoms with E-state index in [1.807, 2.05) is 0 Å². The van der Waals surface area contributed by atoms with Gasteiger partial charge in [0.2, 0.25) is 11.8 Å². The number of carboxylic acid groups (broad SMARTS) is 1. The van der Waals surface area contributed by atoms with Gasteiger partial charge in [-0.15, -0.1) is 0 Å². The summed E-state index contributed by atoms with van der Waals surface area (Å²) in [6, 6.07) is -0.869. The van der Waals surface area contributed by atoms with Crippen molar-refractivity contribution in [2.75, 3.05) is 13.1 Å². The van der Waals surface area contributed by atoms with E-state index in [9.17, 15) is 14.4 Å². The van der Waals surface area contributed by atoms with E-state index in [1.165, 1.54) is 0 Å². The first-order valence-electron chi connectivity index (χ1n) is 7.72. The summed E-state index contributed by atoms with van der Waals surface area (Å²) in [5, 5.41) is 11.7. The average Bonchev–Trinajstić information content (AvgIpc) is 3.27. The number of piperidine rings is 1. The fourth-order valence-corrected chi connectivity index (χ4v) is 2.76. The SMILES string of the molecule is CC(C)C(NC(=O)C1CCCN(C(=O)C2CC2)C1)C(=O)O. The summed E-state index contributed by atoms with van der Waals surface area (Å²) >= 11 is 0. The third-order valence-corrected chi connectivity index (χ3v) is 4.26. The molecule has 2 rings (SSSR count). The van der Waals surface area contributed by atoms with Gasteiger partial charge >= 0.3 is 5.97 Å². The fourth-order valence-electron chi connectivity index (χ4n) is 2.76. The number of carboxylic acids is 1. The Bertz CT molecular complexity index is 431. The summed E-state index contributed by atoms with van der Waals surface area (Å²) in [6.07, 6.45) is 3.43. The molecule has 6 nitrogen and oxygen atoms in total. The predicted molar refractivity (Wildman–Crippen MR) is 76.4 cm³/mol. The van der Waals surface area contributed by atoms with Gasteiger partial charge in [-0.2, -0.15) is 0 Å². The van der Waals surface area contributed by atoms with Gasteiger partial charge in [0.05, 0.1) is 5.92 Å². The number of likely N-dealkylation sites (tertiary alicyclic amines) is 1. The maximum atomic E-state index is 12.3. The molecule has 1 saturated heterocycles. The topological polar surface area (TPSA) is 86.7 Å². The minimum absolute atomic E-state index is 0.158. The molecule has 1 saturated carbocycles. The molecule has 0 radical (unpaired) electrons. The zero-order valence-electron chi connectivity index (χ0n) is 12.7. The van der Waals surface area contributed by atoms with Crippen LogP contribution in [0.1, 0.15) is 39.5 Å². The minimum Gasteiger partial charge on any atom is -0.480 e. The van der Waals surface area contributed by atoms with Crippen LogP contribution in [0.2, 0.25) is 0 Å². The molecule has 2 unspecified atom stereocenters. The number of hydrogen-bond acceptors (Lipinski definition) is 3. The number of nitrogens with zero attached hydrogens (tertiary/aromatic N) is 1. The van der Waals surface area contributed by atoms with Crippen LogP contribution in [0.25, 0.3) is 0 Å². The first-order valence-corrected chi connectivity index (χ1v) is 7.72. The van der Waals surface area contributed by atoms with Crippen LogP contribution in [0.15, 0.2) is 0 Å². The van der Waals surface area contributed by atoms with E-state index in [1.54, 1.807) is 18.7 Å². The first-order chi connectivity index (χ1) is 9.90. The van der Waals surface area contributed by atoms with Crippen molar-refractivity contribution in [1.82, 2.24) is 10.2 Å². The smallest absolute Gasteiger partial charge is 0.326 e. The number of aliphatic carboxylic acids is 1. The van der Waals surface area contributed by atoms with Crippen LogP contribution in [-0.2, 0) is 14.4 Å². The lowest BCUT2D eigenvalue weighted by atomic mass is 9.95. The summed E-state index contributed by atoms with van der Waals surface area (Å²) in [5.74, 6) is -1.40. The minimum atomic E-state index is -1.01. The summed E-state index contributed by atoms with van der Waals surface area (Å²) < 4.78 is 0. The summed E-state index contributed by atoms with van der Waals surface area (Å²) in [5.41, 5.74) is 0. The molecule has 1 aliphatic carbocycles. The molecule has 0 bridgehead atoms. The van der Waals surface area contributed by atoms with Gasteiger partial charge in [0.25, 0.3) is 0 Å². The molecular formula is C15H24N2O4. The number of carbonyl (C=O) groups excluding carboxylic acids is 2.